The van der Waals surface area contributed by atoms with Gasteiger partial charge < -0.3 is 10.1 Å². The molecule has 2 nitrogen and oxygen atoms in total. The fourth-order valence-electron chi connectivity index (χ4n) is 3.09. The van der Waals surface area contributed by atoms with Crippen molar-refractivity contribution in [3.8, 4) is 5.75 Å². The molecule has 2 aliphatic rings. The lowest BCUT2D eigenvalue weighted by Crippen LogP contribution is -2.17. The Bertz CT molecular complexity index is 608. The smallest absolute Gasteiger partial charge is 0.122 e. The fourth-order valence-corrected chi connectivity index (χ4v) is 3.09. The second-order valence-corrected chi connectivity index (χ2v) is 5.78. The van der Waals surface area contributed by atoms with Gasteiger partial charge in [-0.05, 0) is 29.2 Å². The Hall–Kier alpha value is -1.80. The summed E-state index contributed by atoms with van der Waals surface area (Å²) >= 11 is 0. The molecule has 1 saturated carbocycles. The molecule has 0 radical (unpaired) electrons. The Morgan fingerprint density at radius 3 is 2.90 bits per heavy atom. The first-order valence-corrected chi connectivity index (χ1v) is 7.43. The van der Waals surface area contributed by atoms with Crippen molar-refractivity contribution in [2.24, 2.45) is 0 Å². The van der Waals surface area contributed by atoms with Gasteiger partial charge in [0.25, 0.3) is 0 Å². The van der Waals surface area contributed by atoms with Gasteiger partial charge in [-0.15, -0.1) is 0 Å². The molecule has 2 aromatic carbocycles. The summed E-state index contributed by atoms with van der Waals surface area (Å²) in [6.07, 6.45) is 2.32. The lowest BCUT2D eigenvalue weighted by atomic mass is 10.1. The van der Waals surface area contributed by atoms with Crippen LogP contribution in [0.4, 0.5) is 0 Å². The molecule has 0 aromatic heterocycles. The normalized spacial score (nSPS) is 23.2. The van der Waals surface area contributed by atoms with Crippen molar-refractivity contribution in [2.75, 3.05) is 6.61 Å². The predicted molar refractivity (Wildman–Crippen MR) is 80.1 cm³/mol. The van der Waals surface area contributed by atoms with Gasteiger partial charge in [0, 0.05) is 24.9 Å². The molecule has 4 rings (SSSR count). The van der Waals surface area contributed by atoms with E-state index in [0.717, 1.165) is 25.3 Å². The Balaban J connectivity index is 1.36. The zero-order valence-electron chi connectivity index (χ0n) is 11.5. The topological polar surface area (TPSA) is 21.3 Å². The molecule has 1 N–H and O–H groups in total. The molecule has 102 valence electrons. The summed E-state index contributed by atoms with van der Waals surface area (Å²) in [6, 6.07) is 18.0. The first-order chi connectivity index (χ1) is 9.90. The standard InChI is InChI=1S/C18H19NO/c1-2-4-14(5-3-1)16-11-17(16)19-12-13-6-7-18-15(10-13)8-9-20-18/h1-7,10,16-17,19H,8-9,11-12H2. The minimum Gasteiger partial charge on any atom is -0.493 e. The number of fused-ring (bicyclic) bond motifs is 1. The van der Waals surface area contributed by atoms with Gasteiger partial charge in [-0.1, -0.05) is 42.5 Å². The largest absolute Gasteiger partial charge is 0.493 e. The summed E-state index contributed by atoms with van der Waals surface area (Å²) in [7, 11) is 0. The van der Waals surface area contributed by atoms with Crippen LogP contribution in [0.5, 0.6) is 5.75 Å². The number of benzene rings is 2. The highest BCUT2D eigenvalue weighted by Crippen LogP contribution is 2.40. The van der Waals surface area contributed by atoms with Crippen LogP contribution in [-0.4, -0.2) is 12.6 Å². The maximum Gasteiger partial charge on any atom is 0.122 e. The van der Waals surface area contributed by atoms with Crippen LogP contribution in [0.25, 0.3) is 0 Å². The van der Waals surface area contributed by atoms with Gasteiger partial charge in [0.2, 0.25) is 0 Å². The second kappa shape index (κ2) is 4.95. The molecule has 2 aromatic rings. The van der Waals surface area contributed by atoms with Crippen molar-refractivity contribution in [2.45, 2.75) is 31.3 Å². The summed E-state index contributed by atoms with van der Waals surface area (Å²) < 4.78 is 5.55. The highest BCUT2D eigenvalue weighted by Gasteiger charge is 2.37. The minimum atomic E-state index is 0.641. The highest BCUT2D eigenvalue weighted by atomic mass is 16.5. The van der Waals surface area contributed by atoms with Crippen molar-refractivity contribution in [1.29, 1.82) is 0 Å². The summed E-state index contributed by atoms with van der Waals surface area (Å²) in [5.74, 6) is 1.77. The SMILES string of the molecule is c1ccc(C2CC2NCc2ccc3c(c2)CCO3)cc1. The lowest BCUT2D eigenvalue weighted by Gasteiger charge is -2.06. The third-order valence-electron chi connectivity index (χ3n) is 4.34. The Morgan fingerprint density at radius 1 is 1.10 bits per heavy atom. The van der Waals surface area contributed by atoms with E-state index >= 15 is 0 Å². The Morgan fingerprint density at radius 2 is 2.00 bits per heavy atom. The molecule has 1 aliphatic carbocycles. The van der Waals surface area contributed by atoms with Gasteiger partial charge in [0.15, 0.2) is 0 Å². The van der Waals surface area contributed by atoms with Crippen LogP contribution in [0, 0.1) is 0 Å². The second-order valence-electron chi connectivity index (χ2n) is 5.78. The van der Waals surface area contributed by atoms with E-state index in [0.29, 0.717) is 12.0 Å². The zero-order valence-corrected chi connectivity index (χ0v) is 11.5. The van der Waals surface area contributed by atoms with Crippen molar-refractivity contribution < 1.29 is 4.74 Å². The molecular formula is C18H19NO. The van der Waals surface area contributed by atoms with Crippen molar-refractivity contribution in [3.05, 3.63) is 65.2 Å². The molecule has 0 bridgehead atoms. The van der Waals surface area contributed by atoms with Crippen LogP contribution >= 0.6 is 0 Å². The average Bonchev–Trinajstić information content (AvgIpc) is 3.13. The maximum absolute atomic E-state index is 5.55. The van der Waals surface area contributed by atoms with Crippen LogP contribution in [0.15, 0.2) is 48.5 Å². The van der Waals surface area contributed by atoms with E-state index in [1.165, 1.54) is 23.1 Å². The molecule has 2 unspecified atom stereocenters. The average molecular weight is 265 g/mol. The van der Waals surface area contributed by atoms with Gasteiger partial charge in [0.1, 0.15) is 5.75 Å². The number of nitrogens with one attached hydrogen (secondary N) is 1. The molecule has 20 heavy (non-hydrogen) atoms. The quantitative estimate of drug-likeness (QED) is 0.916. The van der Waals surface area contributed by atoms with Gasteiger partial charge in [-0.3, -0.25) is 0 Å². The van der Waals surface area contributed by atoms with Crippen LogP contribution in [0.1, 0.15) is 29.0 Å². The summed E-state index contributed by atoms with van der Waals surface area (Å²) in [4.78, 5) is 0. The molecule has 0 amide bonds. The van der Waals surface area contributed by atoms with Gasteiger partial charge in [-0.25, -0.2) is 0 Å². The fraction of sp³-hybridized carbons (Fsp3) is 0.333. The molecule has 2 atom stereocenters. The summed E-state index contributed by atoms with van der Waals surface area (Å²) in [5, 5.41) is 3.67. The van der Waals surface area contributed by atoms with Crippen molar-refractivity contribution in [3.63, 3.8) is 0 Å². The number of rotatable bonds is 4. The van der Waals surface area contributed by atoms with Crippen molar-refractivity contribution >= 4 is 0 Å². The maximum atomic E-state index is 5.55. The molecule has 1 fully saturated rings. The first-order valence-electron chi connectivity index (χ1n) is 7.43. The molecule has 0 spiro atoms. The minimum absolute atomic E-state index is 0.641. The lowest BCUT2D eigenvalue weighted by molar-refractivity contribution is 0.357. The van der Waals surface area contributed by atoms with Crippen LogP contribution in [-0.2, 0) is 13.0 Å². The third kappa shape index (κ3) is 2.32. The highest BCUT2D eigenvalue weighted by molar-refractivity contribution is 5.40. The van der Waals surface area contributed by atoms with E-state index in [9.17, 15) is 0 Å². The zero-order chi connectivity index (χ0) is 13.4. The van der Waals surface area contributed by atoms with E-state index < -0.39 is 0 Å². The van der Waals surface area contributed by atoms with E-state index in [-0.39, 0.29) is 0 Å². The van der Waals surface area contributed by atoms with Crippen LogP contribution < -0.4 is 10.1 Å². The van der Waals surface area contributed by atoms with E-state index in [4.69, 9.17) is 4.74 Å². The molecule has 0 saturated heterocycles. The predicted octanol–water partition coefficient (Wildman–Crippen LogP) is 3.27. The number of ether oxygens (including phenoxy) is 1. The summed E-state index contributed by atoms with van der Waals surface area (Å²) in [6.45, 7) is 1.80. The Kier molecular flexibility index (Phi) is 2.96. The monoisotopic (exact) mass is 265 g/mol. The molecule has 2 heteroatoms. The van der Waals surface area contributed by atoms with Gasteiger partial charge >= 0.3 is 0 Å². The van der Waals surface area contributed by atoms with Gasteiger partial charge in [-0.2, -0.15) is 0 Å². The molecular weight excluding hydrogens is 246 g/mol. The van der Waals surface area contributed by atoms with E-state index in [1.54, 1.807) is 0 Å². The number of hydrogen-bond acceptors (Lipinski definition) is 2. The summed E-state index contributed by atoms with van der Waals surface area (Å²) in [5.41, 5.74) is 4.19. The molecule has 1 heterocycles. The Labute approximate surface area is 119 Å². The van der Waals surface area contributed by atoms with Crippen molar-refractivity contribution in [1.82, 2.24) is 5.32 Å². The van der Waals surface area contributed by atoms with Gasteiger partial charge in [0.05, 0.1) is 6.61 Å². The number of hydrogen-bond donors (Lipinski definition) is 1. The molecule has 1 aliphatic heterocycles. The van der Waals surface area contributed by atoms with Crippen LogP contribution in [0.3, 0.4) is 0 Å². The van der Waals surface area contributed by atoms with Crippen LogP contribution in [0.2, 0.25) is 0 Å². The first kappa shape index (κ1) is 12.0. The third-order valence-corrected chi connectivity index (χ3v) is 4.34. The van der Waals surface area contributed by atoms with E-state index in [1.807, 2.05) is 0 Å². The van der Waals surface area contributed by atoms with E-state index in [2.05, 4.69) is 53.8 Å².